The third-order valence-electron chi connectivity index (χ3n) is 3.08. The second-order valence-corrected chi connectivity index (χ2v) is 4.33. The predicted octanol–water partition coefficient (Wildman–Crippen LogP) is 1.51. The molecule has 1 saturated heterocycles. The van der Waals surface area contributed by atoms with E-state index in [0.717, 1.165) is 37.4 Å². The quantitative estimate of drug-likeness (QED) is 0.719. The fourth-order valence-corrected chi connectivity index (χ4v) is 2.21. The molecule has 4 heteroatoms. The first-order chi connectivity index (χ1) is 7.66. The Bertz CT molecular complexity index is 392. The average molecular weight is 219 g/mol. The fraction of sp³-hybridized carbons (Fsp3) is 0.583. The van der Waals surface area contributed by atoms with Gasteiger partial charge < -0.3 is 4.90 Å². The zero-order valence-corrected chi connectivity index (χ0v) is 9.81. The standard InChI is InChI=1S/C12H17N3O/c1-9-13-6-5-12(14-9)11-4-3-7-15(8-11)10(2)16/h5-6,11H,3-4,7-8H2,1-2H3/t11-/m1/s1. The van der Waals surface area contributed by atoms with Crippen LogP contribution in [-0.2, 0) is 4.79 Å². The van der Waals surface area contributed by atoms with Gasteiger partial charge in [0.05, 0.1) is 0 Å². The summed E-state index contributed by atoms with van der Waals surface area (Å²) >= 11 is 0. The summed E-state index contributed by atoms with van der Waals surface area (Å²) in [7, 11) is 0. The van der Waals surface area contributed by atoms with Crippen LogP contribution in [0.3, 0.4) is 0 Å². The number of amides is 1. The van der Waals surface area contributed by atoms with Gasteiger partial charge in [-0.1, -0.05) is 0 Å². The number of piperidine rings is 1. The van der Waals surface area contributed by atoms with Crippen molar-refractivity contribution in [1.82, 2.24) is 14.9 Å². The van der Waals surface area contributed by atoms with E-state index in [1.54, 1.807) is 13.1 Å². The minimum atomic E-state index is 0.162. The number of aromatic nitrogens is 2. The molecule has 0 spiro atoms. The molecule has 1 aliphatic heterocycles. The van der Waals surface area contributed by atoms with Gasteiger partial charge in [-0.3, -0.25) is 4.79 Å². The smallest absolute Gasteiger partial charge is 0.219 e. The van der Waals surface area contributed by atoms with E-state index in [1.807, 2.05) is 17.9 Å². The van der Waals surface area contributed by atoms with Crippen molar-refractivity contribution in [3.05, 3.63) is 23.8 Å². The van der Waals surface area contributed by atoms with Crippen molar-refractivity contribution in [3.63, 3.8) is 0 Å². The maximum absolute atomic E-state index is 11.3. The van der Waals surface area contributed by atoms with E-state index >= 15 is 0 Å². The molecule has 16 heavy (non-hydrogen) atoms. The van der Waals surface area contributed by atoms with Crippen LogP contribution in [0, 0.1) is 6.92 Å². The van der Waals surface area contributed by atoms with Crippen molar-refractivity contribution >= 4 is 5.91 Å². The van der Waals surface area contributed by atoms with Gasteiger partial charge in [-0.15, -0.1) is 0 Å². The van der Waals surface area contributed by atoms with Crippen molar-refractivity contribution < 1.29 is 4.79 Å². The van der Waals surface area contributed by atoms with E-state index in [0.29, 0.717) is 5.92 Å². The van der Waals surface area contributed by atoms with Crippen molar-refractivity contribution in [3.8, 4) is 0 Å². The highest BCUT2D eigenvalue weighted by Crippen LogP contribution is 2.25. The minimum absolute atomic E-state index is 0.162. The Morgan fingerprint density at radius 3 is 3.06 bits per heavy atom. The van der Waals surface area contributed by atoms with E-state index in [-0.39, 0.29) is 5.91 Å². The molecule has 1 amide bonds. The molecular formula is C12H17N3O. The minimum Gasteiger partial charge on any atom is -0.342 e. The molecule has 4 nitrogen and oxygen atoms in total. The highest BCUT2D eigenvalue weighted by atomic mass is 16.2. The molecule has 1 aromatic rings. The van der Waals surface area contributed by atoms with E-state index < -0.39 is 0 Å². The van der Waals surface area contributed by atoms with E-state index in [4.69, 9.17) is 0 Å². The van der Waals surface area contributed by atoms with Crippen LogP contribution in [0.1, 0.15) is 37.2 Å². The highest BCUT2D eigenvalue weighted by Gasteiger charge is 2.23. The Hall–Kier alpha value is -1.45. The van der Waals surface area contributed by atoms with Gasteiger partial charge in [0, 0.05) is 37.8 Å². The molecule has 0 aromatic carbocycles. The zero-order chi connectivity index (χ0) is 11.5. The summed E-state index contributed by atoms with van der Waals surface area (Å²) in [6.07, 6.45) is 3.97. The molecule has 1 atom stereocenters. The summed E-state index contributed by atoms with van der Waals surface area (Å²) in [5.41, 5.74) is 1.07. The van der Waals surface area contributed by atoms with Crippen LogP contribution >= 0.6 is 0 Å². The number of nitrogens with zero attached hydrogens (tertiary/aromatic N) is 3. The van der Waals surface area contributed by atoms with Crippen molar-refractivity contribution in [2.24, 2.45) is 0 Å². The van der Waals surface area contributed by atoms with Gasteiger partial charge in [-0.2, -0.15) is 0 Å². The first-order valence-electron chi connectivity index (χ1n) is 5.72. The third kappa shape index (κ3) is 2.38. The number of carbonyl (C=O) groups excluding carboxylic acids is 1. The second-order valence-electron chi connectivity index (χ2n) is 4.33. The maximum Gasteiger partial charge on any atom is 0.219 e. The molecule has 0 radical (unpaired) electrons. The van der Waals surface area contributed by atoms with Gasteiger partial charge in [-0.25, -0.2) is 9.97 Å². The van der Waals surface area contributed by atoms with Crippen LogP contribution in [0.2, 0.25) is 0 Å². The average Bonchev–Trinajstić information content (AvgIpc) is 2.29. The van der Waals surface area contributed by atoms with E-state index in [2.05, 4.69) is 9.97 Å². The highest BCUT2D eigenvalue weighted by molar-refractivity contribution is 5.73. The Labute approximate surface area is 95.7 Å². The topological polar surface area (TPSA) is 46.1 Å². The molecule has 0 unspecified atom stereocenters. The van der Waals surface area contributed by atoms with Gasteiger partial charge in [-0.05, 0) is 25.8 Å². The van der Waals surface area contributed by atoms with Gasteiger partial charge in [0.25, 0.3) is 0 Å². The third-order valence-corrected chi connectivity index (χ3v) is 3.08. The number of rotatable bonds is 1. The van der Waals surface area contributed by atoms with Gasteiger partial charge in [0.1, 0.15) is 5.82 Å². The lowest BCUT2D eigenvalue weighted by Crippen LogP contribution is -2.37. The second kappa shape index (κ2) is 4.60. The molecular weight excluding hydrogens is 202 g/mol. The largest absolute Gasteiger partial charge is 0.342 e. The van der Waals surface area contributed by atoms with E-state index in [9.17, 15) is 4.79 Å². The zero-order valence-electron chi connectivity index (χ0n) is 9.81. The Kier molecular flexibility index (Phi) is 3.17. The number of likely N-dealkylation sites (tertiary alicyclic amines) is 1. The summed E-state index contributed by atoms with van der Waals surface area (Å²) in [5.74, 6) is 1.34. The Balaban J connectivity index is 2.12. The lowest BCUT2D eigenvalue weighted by Gasteiger charge is -2.31. The molecule has 2 rings (SSSR count). The SMILES string of the molecule is CC(=O)N1CCC[C@@H](c2ccnc(C)n2)C1. The molecule has 1 aliphatic rings. The molecule has 2 heterocycles. The summed E-state index contributed by atoms with van der Waals surface area (Å²) in [6.45, 7) is 5.21. The first-order valence-corrected chi connectivity index (χ1v) is 5.72. The molecule has 0 saturated carbocycles. The molecule has 1 aromatic heterocycles. The molecule has 1 fully saturated rings. The molecule has 86 valence electrons. The van der Waals surface area contributed by atoms with Crippen LogP contribution in [0.25, 0.3) is 0 Å². The number of hydrogen-bond donors (Lipinski definition) is 0. The van der Waals surface area contributed by atoms with Crippen LogP contribution in [0.4, 0.5) is 0 Å². The van der Waals surface area contributed by atoms with Crippen LogP contribution in [0.5, 0.6) is 0 Å². The first kappa shape index (κ1) is 11.0. The number of carbonyl (C=O) groups is 1. The van der Waals surface area contributed by atoms with Gasteiger partial charge in [0.15, 0.2) is 0 Å². The summed E-state index contributed by atoms with van der Waals surface area (Å²) < 4.78 is 0. The monoisotopic (exact) mass is 219 g/mol. The fourth-order valence-electron chi connectivity index (χ4n) is 2.21. The number of aryl methyl sites for hydroxylation is 1. The van der Waals surface area contributed by atoms with Crippen molar-refractivity contribution in [2.75, 3.05) is 13.1 Å². The van der Waals surface area contributed by atoms with E-state index in [1.165, 1.54) is 0 Å². The van der Waals surface area contributed by atoms with Crippen LogP contribution < -0.4 is 0 Å². The molecule has 0 aliphatic carbocycles. The van der Waals surface area contributed by atoms with Crippen molar-refractivity contribution in [2.45, 2.75) is 32.6 Å². The summed E-state index contributed by atoms with van der Waals surface area (Å²) in [6, 6.07) is 1.96. The summed E-state index contributed by atoms with van der Waals surface area (Å²) in [5, 5.41) is 0. The van der Waals surface area contributed by atoms with Crippen LogP contribution in [0.15, 0.2) is 12.3 Å². The Morgan fingerprint density at radius 1 is 1.56 bits per heavy atom. The Morgan fingerprint density at radius 2 is 2.38 bits per heavy atom. The van der Waals surface area contributed by atoms with Gasteiger partial charge in [0.2, 0.25) is 5.91 Å². The van der Waals surface area contributed by atoms with Gasteiger partial charge >= 0.3 is 0 Å². The van der Waals surface area contributed by atoms with Crippen LogP contribution in [-0.4, -0.2) is 33.9 Å². The van der Waals surface area contributed by atoms with Crippen molar-refractivity contribution in [1.29, 1.82) is 0 Å². The summed E-state index contributed by atoms with van der Waals surface area (Å²) in [4.78, 5) is 21.8. The molecule has 0 bridgehead atoms. The lowest BCUT2D eigenvalue weighted by atomic mass is 9.94. The number of hydrogen-bond acceptors (Lipinski definition) is 3. The maximum atomic E-state index is 11.3. The molecule has 0 N–H and O–H groups in total. The lowest BCUT2D eigenvalue weighted by molar-refractivity contribution is -0.130. The predicted molar refractivity (Wildman–Crippen MR) is 61.0 cm³/mol. The normalized spacial score (nSPS) is 20.9.